The largest absolute Gasteiger partial charge is 0.462 e. The Balaban J connectivity index is 4.41. The highest BCUT2D eigenvalue weighted by Gasteiger charge is 2.19. The summed E-state index contributed by atoms with van der Waals surface area (Å²) >= 11 is 0. The first-order valence-electron chi connectivity index (χ1n) is 28.0. The van der Waals surface area contributed by atoms with Crippen molar-refractivity contribution < 1.29 is 28.6 Å². The summed E-state index contributed by atoms with van der Waals surface area (Å²) < 4.78 is 16.8. The fourth-order valence-corrected chi connectivity index (χ4v) is 7.28. The third kappa shape index (κ3) is 54.6. The summed E-state index contributed by atoms with van der Waals surface area (Å²) in [5.74, 6) is -0.969. The Bertz CT molecular complexity index is 1470. The van der Waals surface area contributed by atoms with E-state index in [1.807, 2.05) is 0 Å². The number of hydrogen-bond donors (Lipinski definition) is 0. The van der Waals surface area contributed by atoms with Gasteiger partial charge in [-0.3, -0.25) is 14.4 Å². The first kappa shape index (κ1) is 64.8. The normalized spacial score (nSPS) is 13.0. The maximum absolute atomic E-state index is 12.8. The predicted octanol–water partition coefficient (Wildman–Crippen LogP) is 18.9. The highest BCUT2D eigenvalue weighted by atomic mass is 16.6. The predicted molar refractivity (Wildman–Crippen MR) is 297 cm³/mol. The van der Waals surface area contributed by atoms with E-state index < -0.39 is 6.10 Å². The Morgan fingerprint density at radius 1 is 0.304 bits per heavy atom. The molecular formula is C63H102O6. The van der Waals surface area contributed by atoms with Crippen LogP contribution in [0.2, 0.25) is 0 Å². The molecule has 0 aliphatic carbocycles. The zero-order valence-electron chi connectivity index (χ0n) is 44.5. The standard InChI is InChI=1S/C63H102O6/c1-4-7-10-13-16-19-22-25-27-28-29-30-31-32-33-34-36-38-41-44-47-50-53-56-62(65)68-59-60(58-67-61(64)55-52-49-46-43-40-37-24-21-18-15-12-9-6-3)69-63(66)57-54-51-48-45-42-39-35-26-23-20-17-14-11-8-5-2/h7-8,10-12,15-17,19-21,24-27,29-30,35,42,45,60H,4-6,9,13-14,18,22-23,28,31-34,36-41,43-44,46-59H2,1-3H3/b10-7-,11-8-,15-12-,19-16-,20-17-,24-21-,27-25-,30-29-,35-26-,45-42-. The molecule has 0 rings (SSSR count). The molecule has 0 N–H and O–H groups in total. The van der Waals surface area contributed by atoms with Gasteiger partial charge in [0.05, 0.1) is 0 Å². The van der Waals surface area contributed by atoms with E-state index in [0.29, 0.717) is 19.3 Å². The number of rotatable bonds is 49. The monoisotopic (exact) mass is 955 g/mol. The van der Waals surface area contributed by atoms with Gasteiger partial charge >= 0.3 is 17.9 Å². The minimum atomic E-state index is -0.810. The second-order valence-electron chi connectivity index (χ2n) is 18.1. The molecule has 1 unspecified atom stereocenters. The molecule has 390 valence electrons. The highest BCUT2D eigenvalue weighted by molar-refractivity contribution is 5.71. The van der Waals surface area contributed by atoms with Gasteiger partial charge in [-0.05, 0) is 122 Å². The Labute approximate surface area is 424 Å². The zero-order chi connectivity index (χ0) is 50.0. The second-order valence-corrected chi connectivity index (χ2v) is 18.1. The third-order valence-corrected chi connectivity index (χ3v) is 11.4. The van der Waals surface area contributed by atoms with Crippen LogP contribution in [0.15, 0.2) is 122 Å². The molecule has 69 heavy (non-hydrogen) atoms. The number of carbonyl (C=O) groups excluding carboxylic acids is 3. The van der Waals surface area contributed by atoms with Gasteiger partial charge in [-0.2, -0.15) is 0 Å². The zero-order valence-corrected chi connectivity index (χ0v) is 44.5. The fourth-order valence-electron chi connectivity index (χ4n) is 7.28. The molecule has 0 spiro atoms. The van der Waals surface area contributed by atoms with Crippen molar-refractivity contribution in [2.75, 3.05) is 13.2 Å². The minimum absolute atomic E-state index is 0.104. The lowest BCUT2D eigenvalue weighted by molar-refractivity contribution is -0.167. The van der Waals surface area contributed by atoms with E-state index in [4.69, 9.17) is 14.2 Å². The number of allylic oxidation sites excluding steroid dienone is 20. The van der Waals surface area contributed by atoms with Crippen LogP contribution in [-0.2, 0) is 28.6 Å². The van der Waals surface area contributed by atoms with E-state index in [1.165, 1.54) is 57.8 Å². The molecule has 0 amide bonds. The average Bonchev–Trinajstić information content (AvgIpc) is 3.35. The van der Waals surface area contributed by atoms with Gasteiger partial charge in [-0.1, -0.05) is 219 Å². The molecule has 0 aromatic carbocycles. The molecule has 1 atom stereocenters. The van der Waals surface area contributed by atoms with Crippen LogP contribution in [0.4, 0.5) is 0 Å². The Kier molecular flexibility index (Phi) is 53.0. The number of esters is 3. The molecule has 6 heteroatoms. The van der Waals surface area contributed by atoms with Crippen LogP contribution >= 0.6 is 0 Å². The molecular weight excluding hydrogens is 853 g/mol. The van der Waals surface area contributed by atoms with Crippen molar-refractivity contribution in [2.45, 2.75) is 245 Å². The average molecular weight is 956 g/mol. The quantitative estimate of drug-likeness (QED) is 0.0262. The summed E-state index contributed by atoms with van der Waals surface area (Å²) in [6, 6.07) is 0. The maximum atomic E-state index is 12.8. The number of hydrogen-bond acceptors (Lipinski definition) is 6. The smallest absolute Gasteiger partial charge is 0.306 e. The Hall–Kier alpha value is -4.19. The Morgan fingerprint density at radius 3 is 0.913 bits per heavy atom. The van der Waals surface area contributed by atoms with Crippen molar-refractivity contribution in [3.05, 3.63) is 122 Å². The highest BCUT2D eigenvalue weighted by Crippen LogP contribution is 2.14. The van der Waals surface area contributed by atoms with Crippen LogP contribution in [0, 0.1) is 0 Å². The van der Waals surface area contributed by atoms with Gasteiger partial charge in [0.2, 0.25) is 0 Å². The van der Waals surface area contributed by atoms with E-state index in [0.717, 1.165) is 135 Å². The van der Waals surface area contributed by atoms with E-state index >= 15 is 0 Å². The molecule has 0 bridgehead atoms. The van der Waals surface area contributed by atoms with Crippen LogP contribution in [0.1, 0.15) is 239 Å². The van der Waals surface area contributed by atoms with Gasteiger partial charge in [0.25, 0.3) is 0 Å². The molecule has 0 aliphatic rings. The first-order valence-corrected chi connectivity index (χ1v) is 28.0. The van der Waals surface area contributed by atoms with Gasteiger partial charge in [0, 0.05) is 19.3 Å². The van der Waals surface area contributed by atoms with Crippen LogP contribution in [0.3, 0.4) is 0 Å². The summed E-state index contributed by atoms with van der Waals surface area (Å²) in [6.07, 6.45) is 77.6. The van der Waals surface area contributed by atoms with Crippen molar-refractivity contribution >= 4 is 17.9 Å². The summed E-state index contributed by atoms with van der Waals surface area (Å²) in [5, 5.41) is 0. The molecule has 0 radical (unpaired) electrons. The number of unbranched alkanes of at least 4 members (excludes halogenated alkanes) is 18. The number of ether oxygens (including phenoxy) is 3. The second kappa shape index (κ2) is 56.4. The fraction of sp³-hybridized carbons (Fsp3) is 0.635. The maximum Gasteiger partial charge on any atom is 0.306 e. The van der Waals surface area contributed by atoms with Gasteiger partial charge < -0.3 is 14.2 Å². The first-order chi connectivity index (χ1) is 34.0. The third-order valence-electron chi connectivity index (χ3n) is 11.4. The number of carbonyl (C=O) groups is 3. The van der Waals surface area contributed by atoms with Crippen LogP contribution < -0.4 is 0 Å². The summed E-state index contributed by atoms with van der Waals surface area (Å²) in [4.78, 5) is 38.1. The van der Waals surface area contributed by atoms with E-state index in [-0.39, 0.29) is 37.5 Å². The van der Waals surface area contributed by atoms with Gasteiger partial charge in [0.15, 0.2) is 6.10 Å². The van der Waals surface area contributed by atoms with Crippen molar-refractivity contribution in [2.24, 2.45) is 0 Å². The molecule has 0 saturated carbocycles. The summed E-state index contributed by atoms with van der Waals surface area (Å²) in [5.41, 5.74) is 0. The molecule has 0 heterocycles. The molecule has 0 saturated heterocycles. The lowest BCUT2D eigenvalue weighted by Crippen LogP contribution is -2.30. The van der Waals surface area contributed by atoms with Crippen LogP contribution in [0.25, 0.3) is 0 Å². The Morgan fingerprint density at radius 2 is 0.565 bits per heavy atom. The topological polar surface area (TPSA) is 78.9 Å². The van der Waals surface area contributed by atoms with E-state index in [2.05, 4.69) is 142 Å². The van der Waals surface area contributed by atoms with Crippen molar-refractivity contribution in [3.8, 4) is 0 Å². The minimum Gasteiger partial charge on any atom is -0.462 e. The van der Waals surface area contributed by atoms with Gasteiger partial charge in [-0.25, -0.2) is 0 Å². The van der Waals surface area contributed by atoms with Crippen molar-refractivity contribution in [3.63, 3.8) is 0 Å². The molecule has 0 fully saturated rings. The van der Waals surface area contributed by atoms with Gasteiger partial charge in [0.1, 0.15) is 13.2 Å². The molecule has 0 aromatic heterocycles. The molecule has 0 aromatic rings. The van der Waals surface area contributed by atoms with Crippen molar-refractivity contribution in [1.82, 2.24) is 0 Å². The summed E-state index contributed by atoms with van der Waals surface area (Å²) in [7, 11) is 0. The lowest BCUT2D eigenvalue weighted by atomic mass is 10.1. The molecule has 6 nitrogen and oxygen atoms in total. The van der Waals surface area contributed by atoms with Crippen LogP contribution in [-0.4, -0.2) is 37.2 Å². The van der Waals surface area contributed by atoms with E-state index in [1.54, 1.807) is 0 Å². The van der Waals surface area contributed by atoms with Crippen molar-refractivity contribution in [1.29, 1.82) is 0 Å². The van der Waals surface area contributed by atoms with E-state index in [9.17, 15) is 14.4 Å². The SMILES string of the molecule is CC/C=C\C/C=C\C/C=C\C/C=C\CCCCCCCCCCCCC(=O)OCC(COC(=O)CCCCCCC/C=C\C/C=C\CCC)OC(=O)CCCC/C=C\C/C=C\C/C=C\C/C=C\CC. The molecule has 0 aliphatic heterocycles. The summed E-state index contributed by atoms with van der Waals surface area (Å²) in [6.45, 7) is 6.29. The lowest BCUT2D eigenvalue weighted by Gasteiger charge is -2.18. The van der Waals surface area contributed by atoms with Crippen LogP contribution in [0.5, 0.6) is 0 Å². The van der Waals surface area contributed by atoms with Gasteiger partial charge in [-0.15, -0.1) is 0 Å².